The predicted molar refractivity (Wildman–Crippen MR) is 144 cm³/mol. The minimum Gasteiger partial charge on any atom is -0.491 e. The number of nitrogens with zero attached hydrogens (tertiary/aromatic N) is 1. The minimum absolute atomic E-state index is 0. The second-order valence-electron chi connectivity index (χ2n) is 9.53. The normalized spacial score (nSPS) is 14.8. The van der Waals surface area contributed by atoms with Crippen molar-refractivity contribution in [3.05, 3.63) is 24.3 Å². The number of halogens is 1. The molecular formula is C24H40IN5O3. The van der Waals surface area contributed by atoms with Crippen molar-refractivity contribution in [1.29, 1.82) is 0 Å². The summed E-state index contributed by atoms with van der Waals surface area (Å²) >= 11 is 0. The van der Waals surface area contributed by atoms with E-state index in [2.05, 4.69) is 26.3 Å². The summed E-state index contributed by atoms with van der Waals surface area (Å²) < 4.78 is 5.67. The second kappa shape index (κ2) is 14.3. The van der Waals surface area contributed by atoms with E-state index in [9.17, 15) is 9.59 Å². The molecule has 0 unspecified atom stereocenters. The lowest BCUT2D eigenvalue weighted by Gasteiger charge is -2.23. The van der Waals surface area contributed by atoms with Gasteiger partial charge in [0.25, 0.3) is 0 Å². The molecule has 1 saturated carbocycles. The molecule has 0 aromatic heterocycles. The van der Waals surface area contributed by atoms with Gasteiger partial charge in [-0.1, -0.05) is 19.3 Å². The first kappa shape index (κ1) is 29.0. The Morgan fingerprint density at radius 1 is 1.06 bits per heavy atom. The minimum atomic E-state index is -0.334. The van der Waals surface area contributed by atoms with Crippen LogP contribution in [0.2, 0.25) is 0 Å². The molecule has 4 N–H and O–H groups in total. The van der Waals surface area contributed by atoms with E-state index in [1.165, 1.54) is 6.42 Å². The van der Waals surface area contributed by atoms with E-state index in [0.29, 0.717) is 5.96 Å². The Morgan fingerprint density at radius 2 is 1.70 bits per heavy atom. The standard InChI is InChI=1S/C24H39N5O3.HI/c1-17(2)32-20-13-11-19(12-14-20)28-23(26-16-22(31)29-24(3,4)5)25-15-21(30)27-18-9-7-6-8-10-18;/h11-14,17-18H,6-10,15-16H2,1-5H3,(H,27,30)(H,29,31)(H2,25,26,28);1H. The van der Waals surface area contributed by atoms with E-state index in [-0.39, 0.29) is 66.6 Å². The van der Waals surface area contributed by atoms with Gasteiger partial charge in [-0.05, 0) is 71.7 Å². The number of aliphatic imine (C=N–C) groups is 1. The van der Waals surface area contributed by atoms with Crippen LogP contribution in [0.3, 0.4) is 0 Å². The van der Waals surface area contributed by atoms with Crippen molar-refractivity contribution in [3.63, 3.8) is 0 Å². The Hall–Kier alpha value is -2.04. The number of nitrogens with one attached hydrogen (secondary N) is 4. The van der Waals surface area contributed by atoms with E-state index in [1.807, 2.05) is 58.9 Å². The fraction of sp³-hybridized carbons (Fsp3) is 0.625. The van der Waals surface area contributed by atoms with Gasteiger partial charge >= 0.3 is 0 Å². The number of hydrogen-bond donors (Lipinski definition) is 4. The van der Waals surface area contributed by atoms with Gasteiger partial charge < -0.3 is 26.0 Å². The molecule has 1 aromatic carbocycles. The van der Waals surface area contributed by atoms with Gasteiger partial charge in [-0.25, -0.2) is 4.99 Å². The Labute approximate surface area is 215 Å². The Balaban J connectivity index is 0.00000544. The van der Waals surface area contributed by atoms with Crippen molar-refractivity contribution in [2.75, 3.05) is 18.4 Å². The monoisotopic (exact) mass is 573 g/mol. The van der Waals surface area contributed by atoms with Gasteiger partial charge in [0.15, 0.2) is 5.96 Å². The van der Waals surface area contributed by atoms with Crippen LogP contribution in [0.15, 0.2) is 29.3 Å². The summed E-state index contributed by atoms with van der Waals surface area (Å²) in [6.45, 7) is 9.74. The highest BCUT2D eigenvalue weighted by Crippen LogP contribution is 2.18. The molecule has 0 radical (unpaired) electrons. The van der Waals surface area contributed by atoms with Crippen LogP contribution in [0.4, 0.5) is 5.69 Å². The molecule has 186 valence electrons. The largest absolute Gasteiger partial charge is 0.491 e. The third-order valence-electron chi connectivity index (χ3n) is 4.77. The van der Waals surface area contributed by atoms with Gasteiger partial charge in [0.1, 0.15) is 12.3 Å². The number of ether oxygens (including phenoxy) is 1. The van der Waals surface area contributed by atoms with E-state index < -0.39 is 0 Å². The highest BCUT2D eigenvalue weighted by molar-refractivity contribution is 14.0. The zero-order chi connectivity index (χ0) is 23.6. The van der Waals surface area contributed by atoms with Gasteiger partial charge in [0.2, 0.25) is 11.8 Å². The molecule has 1 aliphatic rings. The van der Waals surface area contributed by atoms with Crippen LogP contribution in [0.25, 0.3) is 0 Å². The van der Waals surface area contributed by atoms with Crippen molar-refractivity contribution in [2.24, 2.45) is 4.99 Å². The molecule has 1 fully saturated rings. The molecule has 2 rings (SSSR count). The lowest BCUT2D eigenvalue weighted by molar-refractivity contribution is -0.121. The van der Waals surface area contributed by atoms with E-state index in [1.54, 1.807) is 0 Å². The molecule has 1 aliphatic carbocycles. The third-order valence-corrected chi connectivity index (χ3v) is 4.77. The molecule has 1 aromatic rings. The molecular weight excluding hydrogens is 533 g/mol. The van der Waals surface area contributed by atoms with Crippen LogP contribution in [0.5, 0.6) is 5.75 Å². The summed E-state index contributed by atoms with van der Waals surface area (Å²) in [5.41, 5.74) is 0.441. The highest BCUT2D eigenvalue weighted by atomic mass is 127. The third kappa shape index (κ3) is 12.7. The van der Waals surface area contributed by atoms with E-state index >= 15 is 0 Å². The van der Waals surface area contributed by atoms with Crippen LogP contribution in [0.1, 0.15) is 66.7 Å². The molecule has 0 saturated heterocycles. The molecule has 0 atom stereocenters. The maximum Gasteiger partial charge on any atom is 0.242 e. The molecule has 33 heavy (non-hydrogen) atoms. The fourth-order valence-corrected chi connectivity index (χ4v) is 3.46. The van der Waals surface area contributed by atoms with Gasteiger partial charge in [-0.15, -0.1) is 24.0 Å². The molecule has 0 spiro atoms. The van der Waals surface area contributed by atoms with Gasteiger partial charge in [0, 0.05) is 17.3 Å². The summed E-state index contributed by atoms with van der Waals surface area (Å²) in [6.07, 6.45) is 5.71. The topological polar surface area (TPSA) is 104 Å². The van der Waals surface area contributed by atoms with Crippen LogP contribution in [0, 0.1) is 0 Å². The molecule has 8 nitrogen and oxygen atoms in total. The van der Waals surface area contributed by atoms with Crippen molar-refractivity contribution in [2.45, 2.75) is 84.4 Å². The summed E-state index contributed by atoms with van der Waals surface area (Å²) in [6, 6.07) is 7.71. The first-order chi connectivity index (χ1) is 15.1. The first-order valence-corrected chi connectivity index (χ1v) is 11.5. The maximum atomic E-state index is 12.4. The number of rotatable bonds is 8. The number of anilines is 1. The zero-order valence-corrected chi connectivity index (χ0v) is 22.8. The lowest BCUT2D eigenvalue weighted by Crippen LogP contribution is -2.45. The smallest absolute Gasteiger partial charge is 0.242 e. The quantitative estimate of drug-likeness (QED) is 0.215. The Morgan fingerprint density at radius 3 is 2.27 bits per heavy atom. The number of benzene rings is 1. The molecule has 0 heterocycles. The first-order valence-electron chi connectivity index (χ1n) is 11.5. The van der Waals surface area contributed by atoms with Gasteiger partial charge in [-0.2, -0.15) is 0 Å². The summed E-state index contributed by atoms with van der Waals surface area (Å²) in [7, 11) is 0. The summed E-state index contributed by atoms with van der Waals surface area (Å²) in [5, 5.41) is 12.2. The van der Waals surface area contributed by atoms with E-state index in [4.69, 9.17) is 4.74 Å². The van der Waals surface area contributed by atoms with Crippen molar-refractivity contribution >= 4 is 47.4 Å². The number of amides is 2. The Kier molecular flexibility index (Phi) is 12.5. The molecule has 2 amide bonds. The Bertz CT molecular complexity index is 769. The van der Waals surface area contributed by atoms with Crippen molar-refractivity contribution in [3.8, 4) is 5.75 Å². The highest BCUT2D eigenvalue weighted by Gasteiger charge is 2.16. The molecule has 0 aliphatic heterocycles. The number of carbonyl (C=O) groups is 2. The van der Waals surface area contributed by atoms with E-state index in [0.717, 1.165) is 37.1 Å². The van der Waals surface area contributed by atoms with Crippen molar-refractivity contribution in [1.82, 2.24) is 16.0 Å². The fourth-order valence-electron chi connectivity index (χ4n) is 3.46. The van der Waals surface area contributed by atoms with Gasteiger partial charge in [0.05, 0.1) is 12.6 Å². The number of hydrogen-bond acceptors (Lipinski definition) is 4. The summed E-state index contributed by atoms with van der Waals surface area (Å²) in [4.78, 5) is 28.9. The predicted octanol–water partition coefficient (Wildman–Crippen LogP) is 3.81. The van der Waals surface area contributed by atoms with Crippen LogP contribution in [-0.4, -0.2) is 48.5 Å². The average molecular weight is 574 g/mol. The maximum absolute atomic E-state index is 12.4. The number of guanidine groups is 1. The molecule has 0 bridgehead atoms. The number of carbonyl (C=O) groups excluding carboxylic acids is 2. The lowest BCUT2D eigenvalue weighted by atomic mass is 9.95. The van der Waals surface area contributed by atoms with Crippen molar-refractivity contribution < 1.29 is 14.3 Å². The average Bonchev–Trinajstić information content (AvgIpc) is 2.70. The SMILES string of the molecule is CC(C)Oc1ccc(NC(=NCC(=O)NC(C)(C)C)NCC(=O)NC2CCCCC2)cc1.I. The van der Waals surface area contributed by atoms with Crippen LogP contribution < -0.4 is 26.0 Å². The second-order valence-corrected chi connectivity index (χ2v) is 9.53. The van der Waals surface area contributed by atoms with Crippen LogP contribution in [-0.2, 0) is 9.59 Å². The zero-order valence-electron chi connectivity index (χ0n) is 20.5. The van der Waals surface area contributed by atoms with Crippen LogP contribution >= 0.6 is 24.0 Å². The molecule has 9 heteroatoms. The summed E-state index contributed by atoms with van der Waals surface area (Å²) in [5.74, 6) is 0.871. The van der Waals surface area contributed by atoms with Gasteiger partial charge in [-0.3, -0.25) is 9.59 Å².